The molecule has 0 aromatic heterocycles. The number of hydrogen-bond acceptors (Lipinski definition) is 5. The van der Waals surface area contributed by atoms with E-state index in [9.17, 15) is 4.79 Å². The molecule has 2 heterocycles. The van der Waals surface area contributed by atoms with Crippen LogP contribution in [0.1, 0.15) is 17.5 Å². The Bertz CT molecular complexity index is 890. The first-order chi connectivity index (χ1) is 12.2. The summed E-state index contributed by atoms with van der Waals surface area (Å²) in [5.74, 6) is 0.888. The highest BCUT2D eigenvalue weighted by atomic mass is 35.5. The number of nitrogens with zero attached hydrogens (tertiary/aromatic N) is 1. The van der Waals surface area contributed by atoms with Crippen molar-refractivity contribution in [2.75, 3.05) is 13.2 Å². The summed E-state index contributed by atoms with van der Waals surface area (Å²) in [6.07, 6.45) is 2.41. The van der Waals surface area contributed by atoms with Gasteiger partial charge in [-0.25, -0.2) is 9.79 Å². The lowest BCUT2D eigenvalue weighted by molar-refractivity contribution is -0.129. The first kappa shape index (κ1) is 15.7. The molecule has 0 amide bonds. The minimum atomic E-state index is -0.498. The van der Waals surface area contributed by atoms with Crippen LogP contribution in [0, 0.1) is 0 Å². The zero-order chi connectivity index (χ0) is 17.2. The molecule has 0 saturated carbocycles. The molecule has 0 fully saturated rings. The van der Waals surface area contributed by atoms with Gasteiger partial charge in [-0.2, -0.15) is 0 Å². The van der Waals surface area contributed by atoms with Gasteiger partial charge in [-0.3, -0.25) is 0 Å². The first-order valence-corrected chi connectivity index (χ1v) is 8.25. The maximum absolute atomic E-state index is 12.1. The SMILES string of the molecule is O=C1OC(c2ccccc2)=NC1=Cc1cc(Cl)c2c(c1)OCCCO2. The van der Waals surface area contributed by atoms with Gasteiger partial charge in [0.15, 0.2) is 17.2 Å². The second kappa shape index (κ2) is 6.61. The second-order valence-corrected chi connectivity index (χ2v) is 5.99. The van der Waals surface area contributed by atoms with E-state index in [4.69, 9.17) is 25.8 Å². The van der Waals surface area contributed by atoms with Gasteiger partial charge in [0.05, 0.1) is 18.2 Å². The minimum absolute atomic E-state index is 0.212. The lowest BCUT2D eigenvalue weighted by Gasteiger charge is -2.10. The number of fused-ring (bicyclic) bond motifs is 1. The zero-order valence-electron chi connectivity index (χ0n) is 13.2. The lowest BCUT2D eigenvalue weighted by Crippen LogP contribution is -2.04. The highest BCUT2D eigenvalue weighted by molar-refractivity contribution is 6.32. The molecular formula is C19H14ClNO4. The smallest absolute Gasteiger partial charge is 0.363 e. The lowest BCUT2D eigenvalue weighted by atomic mass is 10.1. The molecule has 5 nitrogen and oxygen atoms in total. The Kier molecular flexibility index (Phi) is 4.15. The van der Waals surface area contributed by atoms with E-state index in [1.54, 1.807) is 18.2 Å². The van der Waals surface area contributed by atoms with E-state index in [0.717, 1.165) is 12.0 Å². The van der Waals surface area contributed by atoms with Crippen molar-refractivity contribution in [2.24, 2.45) is 4.99 Å². The van der Waals surface area contributed by atoms with Crippen LogP contribution in [0.2, 0.25) is 5.02 Å². The fraction of sp³-hybridized carbons (Fsp3) is 0.158. The van der Waals surface area contributed by atoms with Crippen molar-refractivity contribution in [3.8, 4) is 11.5 Å². The first-order valence-electron chi connectivity index (χ1n) is 7.88. The van der Waals surface area contributed by atoms with Crippen LogP contribution in [-0.2, 0) is 9.53 Å². The van der Waals surface area contributed by atoms with Crippen LogP contribution in [-0.4, -0.2) is 25.1 Å². The number of esters is 1. The predicted octanol–water partition coefficient (Wildman–Crippen LogP) is 3.85. The number of carbonyl (C=O) groups excluding carboxylic acids is 1. The van der Waals surface area contributed by atoms with E-state index < -0.39 is 5.97 Å². The predicted molar refractivity (Wildman–Crippen MR) is 94.1 cm³/mol. The highest BCUT2D eigenvalue weighted by Crippen LogP contribution is 2.38. The van der Waals surface area contributed by atoms with Crippen molar-refractivity contribution in [1.29, 1.82) is 0 Å². The maximum atomic E-state index is 12.1. The summed E-state index contributed by atoms with van der Waals surface area (Å²) in [7, 11) is 0. The summed E-state index contributed by atoms with van der Waals surface area (Å²) in [4.78, 5) is 16.4. The van der Waals surface area contributed by atoms with Crippen molar-refractivity contribution in [3.05, 3.63) is 64.3 Å². The number of halogens is 1. The number of benzene rings is 2. The number of rotatable bonds is 2. The van der Waals surface area contributed by atoms with Gasteiger partial charge < -0.3 is 14.2 Å². The van der Waals surface area contributed by atoms with Gasteiger partial charge in [-0.15, -0.1) is 0 Å². The van der Waals surface area contributed by atoms with E-state index in [1.807, 2.05) is 30.3 Å². The fourth-order valence-corrected chi connectivity index (χ4v) is 2.88. The third kappa shape index (κ3) is 3.23. The van der Waals surface area contributed by atoms with Crippen molar-refractivity contribution >= 4 is 29.5 Å². The van der Waals surface area contributed by atoms with Crippen LogP contribution in [0.25, 0.3) is 6.08 Å². The topological polar surface area (TPSA) is 57.1 Å². The van der Waals surface area contributed by atoms with E-state index in [2.05, 4.69) is 4.99 Å². The molecule has 0 radical (unpaired) electrons. The Morgan fingerprint density at radius 3 is 2.72 bits per heavy atom. The van der Waals surface area contributed by atoms with E-state index in [-0.39, 0.29) is 11.6 Å². The molecule has 0 N–H and O–H groups in total. The molecule has 2 aromatic rings. The summed E-state index contributed by atoms with van der Waals surface area (Å²) in [5.41, 5.74) is 1.65. The van der Waals surface area contributed by atoms with Crippen LogP contribution in [0.3, 0.4) is 0 Å². The molecule has 0 unspecified atom stereocenters. The molecule has 0 spiro atoms. The second-order valence-electron chi connectivity index (χ2n) is 5.58. The summed E-state index contributed by atoms with van der Waals surface area (Å²) < 4.78 is 16.5. The zero-order valence-corrected chi connectivity index (χ0v) is 14.0. The number of carbonyl (C=O) groups is 1. The monoisotopic (exact) mass is 355 g/mol. The molecular weight excluding hydrogens is 342 g/mol. The number of ether oxygens (including phenoxy) is 3. The molecule has 0 atom stereocenters. The summed E-state index contributed by atoms with van der Waals surface area (Å²) in [5, 5.41) is 0.435. The van der Waals surface area contributed by atoms with Crippen LogP contribution in [0.5, 0.6) is 11.5 Å². The third-order valence-corrected chi connectivity index (χ3v) is 4.05. The van der Waals surface area contributed by atoms with Crippen molar-refractivity contribution in [3.63, 3.8) is 0 Å². The third-order valence-electron chi connectivity index (χ3n) is 3.77. The summed E-state index contributed by atoms with van der Waals surface area (Å²) >= 11 is 6.28. The van der Waals surface area contributed by atoms with Gasteiger partial charge in [0.25, 0.3) is 0 Å². The van der Waals surface area contributed by atoms with Gasteiger partial charge in [-0.05, 0) is 35.9 Å². The molecule has 25 heavy (non-hydrogen) atoms. The van der Waals surface area contributed by atoms with Gasteiger partial charge in [0, 0.05) is 12.0 Å². The van der Waals surface area contributed by atoms with Crippen molar-refractivity contribution < 1.29 is 19.0 Å². The Hall–Kier alpha value is -2.79. The molecule has 2 aliphatic rings. The quantitative estimate of drug-likeness (QED) is 0.606. The van der Waals surface area contributed by atoms with Crippen LogP contribution in [0.4, 0.5) is 0 Å². The Balaban J connectivity index is 1.69. The van der Waals surface area contributed by atoms with Gasteiger partial charge in [0.1, 0.15) is 0 Å². The molecule has 4 rings (SSSR count). The highest BCUT2D eigenvalue weighted by Gasteiger charge is 2.24. The average Bonchev–Trinajstić information content (AvgIpc) is 2.82. The maximum Gasteiger partial charge on any atom is 0.363 e. The van der Waals surface area contributed by atoms with E-state index in [1.165, 1.54) is 0 Å². The summed E-state index contributed by atoms with van der Waals surface area (Å²) in [6, 6.07) is 12.8. The molecule has 0 aliphatic carbocycles. The normalized spacial score (nSPS) is 17.9. The van der Waals surface area contributed by atoms with Crippen molar-refractivity contribution in [2.45, 2.75) is 6.42 Å². The van der Waals surface area contributed by atoms with Crippen molar-refractivity contribution in [1.82, 2.24) is 0 Å². The molecule has 6 heteroatoms. The van der Waals surface area contributed by atoms with Gasteiger partial charge in [0.2, 0.25) is 5.90 Å². The summed E-state index contributed by atoms with van der Waals surface area (Å²) in [6.45, 7) is 1.12. The van der Waals surface area contributed by atoms with Crippen LogP contribution in [0.15, 0.2) is 53.2 Å². The van der Waals surface area contributed by atoms with E-state index >= 15 is 0 Å². The Morgan fingerprint density at radius 2 is 1.88 bits per heavy atom. The molecule has 126 valence electrons. The van der Waals surface area contributed by atoms with Crippen LogP contribution >= 0.6 is 11.6 Å². The van der Waals surface area contributed by atoms with E-state index in [0.29, 0.717) is 35.3 Å². The van der Waals surface area contributed by atoms with Crippen LogP contribution < -0.4 is 9.47 Å². The Morgan fingerprint density at radius 1 is 1.08 bits per heavy atom. The average molecular weight is 356 g/mol. The minimum Gasteiger partial charge on any atom is -0.489 e. The number of hydrogen-bond donors (Lipinski definition) is 0. The Labute approximate surface area is 149 Å². The largest absolute Gasteiger partial charge is 0.489 e. The van der Waals surface area contributed by atoms with Gasteiger partial charge >= 0.3 is 5.97 Å². The fourth-order valence-electron chi connectivity index (χ4n) is 2.61. The molecule has 0 bridgehead atoms. The molecule has 2 aliphatic heterocycles. The molecule has 2 aromatic carbocycles. The number of cyclic esters (lactones) is 1. The number of aliphatic imine (C=N–C) groups is 1. The molecule has 0 saturated heterocycles. The standard InChI is InChI=1S/C19H14ClNO4/c20-14-9-12(11-16-17(14)24-8-4-7-23-16)10-15-19(22)25-18(21-15)13-5-2-1-3-6-13/h1-3,5-6,9-11H,4,7-8H2. The van der Waals surface area contributed by atoms with Gasteiger partial charge in [-0.1, -0.05) is 29.8 Å².